The molecule has 6 heteroatoms. The summed E-state index contributed by atoms with van der Waals surface area (Å²) in [5.41, 5.74) is 0. The minimum atomic E-state index is 0. The van der Waals surface area contributed by atoms with Crippen molar-refractivity contribution in [2.24, 2.45) is 0 Å². The van der Waals surface area contributed by atoms with Crippen molar-refractivity contribution < 1.29 is 20.3 Å². The molecule has 85 valence electrons. The van der Waals surface area contributed by atoms with E-state index >= 15 is 0 Å². The Labute approximate surface area is 86.3 Å². The molecule has 0 aromatic heterocycles. The summed E-state index contributed by atoms with van der Waals surface area (Å²) in [6.07, 6.45) is 2.30. The summed E-state index contributed by atoms with van der Waals surface area (Å²) in [7, 11) is 0. The van der Waals surface area contributed by atoms with Gasteiger partial charge in [-0.25, -0.2) is 0 Å². The lowest BCUT2D eigenvalue weighted by Crippen LogP contribution is -2.30. The van der Waals surface area contributed by atoms with Gasteiger partial charge in [0.2, 0.25) is 0 Å². The van der Waals surface area contributed by atoms with Gasteiger partial charge in [-0.3, -0.25) is 4.90 Å². The predicted octanol–water partition coefficient (Wildman–Crippen LogP) is -1.42. The number of unbranched alkanes of at least 4 members (excludes halogenated alkanes) is 1. The minimum Gasteiger partial charge on any atom is -0.429 e. The van der Waals surface area contributed by atoms with Crippen molar-refractivity contribution in [3.05, 3.63) is 0 Å². The van der Waals surface area contributed by atoms with E-state index in [1.165, 1.54) is 0 Å². The normalized spacial score (nSPS) is 9.57. The first-order chi connectivity index (χ1) is 6.76. The fourth-order valence-electron chi connectivity index (χ4n) is 1.000. The molecular formula is C8H21BNO4. The van der Waals surface area contributed by atoms with Crippen LogP contribution in [0.5, 0.6) is 0 Å². The molecule has 0 aliphatic rings. The first-order valence-corrected chi connectivity index (χ1v) is 4.80. The van der Waals surface area contributed by atoms with Gasteiger partial charge in [-0.05, 0) is 13.0 Å². The zero-order valence-electron chi connectivity index (χ0n) is 8.76. The average Bonchev–Trinajstić information content (AvgIpc) is 2.16. The lowest BCUT2D eigenvalue weighted by molar-refractivity contribution is 0.159. The van der Waals surface area contributed by atoms with E-state index in [2.05, 4.69) is 11.8 Å². The Morgan fingerprint density at radius 3 is 1.71 bits per heavy atom. The van der Waals surface area contributed by atoms with Crippen LogP contribution in [0.25, 0.3) is 0 Å². The molecule has 5 nitrogen and oxygen atoms in total. The van der Waals surface area contributed by atoms with Gasteiger partial charge in [-0.2, -0.15) is 0 Å². The number of aliphatic hydroxyl groups excluding tert-OH is 2. The summed E-state index contributed by atoms with van der Waals surface area (Å²) >= 11 is 0. The molecule has 0 heterocycles. The number of aliphatic hydroxyl groups is 2. The van der Waals surface area contributed by atoms with Gasteiger partial charge in [0, 0.05) is 13.1 Å². The Kier molecular flexibility index (Phi) is 17.9. The Balaban J connectivity index is 0. The van der Waals surface area contributed by atoms with Gasteiger partial charge < -0.3 is 20.3 Å². The fraction of sp³-hybridized carbons (Fsp3) is 1.00. The van der Waals surface area contributed by atoms with E-state index in [9.17, 15) is 0 Å². The van der Waals surface area contributed by atoms with Crippen molar-refractivity contribution in [3.8, 4) is 0 Å². The van der Waals surface area contributed by atoms with Gasteiger partial charge in [-0.15, -0.1) is 0 Å². The van der Waals surface area contributed by atoms with Crippen molar-refractivity contribution in [1.29, 1.82) is 0 Å². The second-order valence-corrected chi connectivity index (χ2v) is 2.76. The molecule has 0 spiro atoms. The highest BCUT2D eigenvalue weighted by molar-refractivity contribution is 6.13. The molecule has 0 aliphatic carbocycles. The van der Waals surface area contributed by atoms with Crippen LogP contribution in [0.2, 0.25) is 0 Å². The maximum absolute atomic E-state index is 8.64. The third-order valence-corrected chi connectivity index (χ3v) is 1.66. The molecule has 0 saturated carbocycles. The summed E-state index contributed by atoms with van der Waals surface area (Å²) in [6, 6.07) is 0. The van der Waals surface area contributed by atoms with Crippen LogP contribution >= 0.6 is 0 Å². The molecule has 0 bridgehead atoms. The van der Waals surface area contributed by atoms with Crippen molar-refractivity contribution in [3.63, 3.8) is 0 Å². The Morgan fingerprint density at radius 2 is 1.43 bits per heavy atom. The monoisotopic (exact) mass is 206 g/mol. The summed E-state index contributed by atoms with van der Waals surface area (Å²) in [5, 5.41) is 31.3. The minimum absolute atomic E-state index is 0. The Morgan fingerprint density at radius 1 is 1.00 bits per heavy atom. The van der Waals surface area contributed by atoms with Gasteiger partial charge in [0.15, 0.2) is 0 Å². The summed E-state index contributed by atoms with van der Waals surface area (Å²) in [4.78, 5) is 2.07. The zero-order valence-corrected chi connectivity index (χ0v) is 8.76. The van der Waals surface area contributed by atoms with Crippen LogP contribution in [-0.2, 0) is 0 Å². The van der Waals surface area contributed by atoms with E-state index in [1.807, 2.05) is 0 Å². The molecule has 0 atom stereocenters. The smallest absolute Gasteiger partial charge is 0.429 e. The molecule has 4 N–H and O–H groups in total. The number of hydrogen-bond donors (Lipinski definition) is 4. The van der Waals surface area contributed by atoms with Gasteiger partial charge in [0.25, 0.3) is 0 Å². The third kappa shape index (κ3) is 14.4. The number of rotatable bonds is 7. The van der Waals surface area contributed by atoms with E-state index in [-0.39, 0.29) is 20.9 Å². The van der Waals surface area contributed by atoms with Gasteiger partial charge in [0.05, 0.1) is 13.2 Å². The highest BCUT2D eigenvalue weighted by Crippen LogP contribution is 1.93. The molecule has 0 fully saturated rings. The predicted molar refractivity (Wildman–Crippen MR) is 55.7 cm³/mol. The average molecular weight is 206 g/mol. The molecule has 0 rings (SSSR count). The zero-order chi connectivity index (χ0) is 11.2. The lowest BCUT2D eigenvalue weighted by Gasteiger charge is -2.19. The third-order valence-electron chi connectivity index (χ3n) is 1.66. The summed E-state index contributed by atoms with van der Waals surface area (Å²) in [6.45, 7) is 4.85. The maximum atomic E-state index is 8.64. The topological polar surface area (TPSA) is 84.2 Å². The van der Waals surface area contributed by atoms with Crippen molar-refractivity contribution in [2.45, 2.75) is 19.8 Å². The second-order valence-electron chi connectivity index (χ2n) is 2.76. The van der Waals surface area contributed by atoms with E-state index in [0.29, 0.717) is 13.1 Å². The molecular weight excluding hydrogens is 185 g/mol. The van der Waals surface area contributed by atoms with E-state index < -0.39 is 0 Å². The number of nitrogens with zero attached hydrogens (tertiary/aromatic N) is 1. The van der Waals surface area contributed by atoms with Gasteiger partial charge in [-0.1, -0.05) is 13.3 Å². The first kappa shape index (κ1) is 16.3. The second kappa shape index (κ2) is 15.3. The van der Waals surface area contributed by atoms with Crippen LogP contribution in [0, 0.1) is 0 Å². The molecule has 0 aromatic rings. The molecule has 14 heavy (non-hydrogen) atoms. The van der Waals surface area contributed by atoms with Crippen LogP contribution in [0.15, 0.2) is 0 Å². The lowest BCUT2D eigenvalue weighted by atomic mass is 10.3. The largest absolute Gasteiger partial charge is 0.482 e. The fourth-order valence-corrected chi connectivity index (χ4v) is 1.000. The highest BCUT2D eigenvalue weighted by atomic mass is 16.4. The Bertz CT molecular complexity index is 91.4. The van der Waals surface area contributed by atoms with Gasteiger partial charge in [0.1, 0.15) is 0 Å². The van der Waals surface area contributed by atoms with Crippen LogP contribution < -0.4 is 0 Å². The van der Waals surface area contributed by atoms with Crippen molar-refractivity contribution >= 4 is 7.69 Å². The quantitative estimate of drug-likeness (QED) is 0.384. The maximum Gasteiger partial charge on any atom is 0.482 e. The molecule has 0 aliphatic heterocycles. The SMILES string of the molecule is CCCCN(CCO)CCO.O[B]O. The molecule has 1 radical (unpaired) electrons. The van der Waals surface area contributed by atoms with E-state index in [0.717, 1.165) is 19.4 Å². The van der Waals surface area contributed by atoms with Crippen LogP contribution in [0.1, 0.15) is 19.8 Å². The standard InChI is InChI=1S/C8H19NO2.BH2O2/c1-2-3-4-9(5-7-10)6-8-11;2-1-3/h10-11H,2-8H2,1H3;2-3H. The van der Waals surface area contributed by atoms with Crippen LogP contribution in [0.3, 0.4) is 0 Å². The molecule has 0 unspecified atom stereocenters. The molecule has 0 amide bonds. The first-order valence-electron chi connectivity index (χ1n) is 4.80. The van der Waals surface area contributed by atoms with Crippen LogP contribution in [0.4, 0.5) is 0 Å². The van der Waals surface area contributed by atoms with Crippen LogP contribution in [-0.4, -0.2) is 65.7 Å². The number of hydrogen-bond acceptors (Lipinski definition) is 5. The van der Waals surface area contributed by atoms with E-state index in [4.69, 9.17) is 20.3 Å². The van der Waals surface area contributed by atoms with Crippen molar-refractivity contribution in [1.82, 2.24) is 4.90 Å². The molecule has 0 aromatic carbocycles. The Hall–Kier alpha value is -0.135. The van der Waals surface area contributed by atoms with Crippen molar-refractivity contribution in [2.75, 3.05) is 32.8 Å². The molecule has 0 saturated heterocycles. The van der Waals surface area contributed by atoms with Gasteiger partial charge >= 0.3 is 7.69 Å². The highest BCUT2D eigenvalue weighted by Gasteiger charge is 2.00. The summed E-state index contributed by atoms with van der Waals surface area (Å²) in [5.74, 6) is 0. The summed E-state index contributed by atoms with van der Waals surface area (Å²) < 4.78 is 0. The van der Waals surface area contributed by atoms with E-state index in [1.54, 1.807) is 0 Å².